The number of halogens is 1. The van der Waals surface area contributed by atoms with Gasteiger partial charge < -0.3 is 0 Å². The highest BCUT2D eigenvalue weighted by atomic mass is 79.9. The van der Waals surface area contributed by atoms with Crippen molar-refractivity contribution in [1.82, 2.24) is 9.38 Å². The number of imidazole rings is 1. The summed E-state index contributed by atoms with van der Waals surface area (Å²) in [4.78, 5) is 4.12. The SMILES string of the molecule is Cc1ccc2cnc(Br)n2c1. The normalized spacial score (nSPS) is 10.7. The molecule has 0 amide bonds. The fourth-order valence-corrected chi connectivity index (χ4v) is 1.47. The van der Waals surface area contributed by atoms with Gasteiger partial charge >= 0.3 is 0 Å². The van der Waals surface area contributed by atoms with Crippen molar-refractivity contribution in [3.8, 4) is 0 Å². The predicted octanol–water partition coefficient (Wildman–Crippen LogP) is 2.41. The Morgan fingerprint density at radius 1 is 1.45 bits per heavy atom. The van der Waals surface area contributed by atoms with Crippen LogP contribution >= 0.6 is 15.9 Å². The number of hydrogen-bond acceptors (Lipinski definition) is 1. The van der Waals surface area contributed by atoms with E-state index in [1.165, 1.54) is 5.56 Å². The van der Waals surface area contributed by atoms with Crippen molar-refractivity contribution in [2.24, 2.45) is 0 Å². The first-order chi connectivity index (χ1) is 5.27. The van der Waals surface area contributed by atoms with Crippen LogP contribution in [0.2, 0.25) is 0 Å². The highest BCUT2D eigenvalue weighted by Gasteiger charge is 1.97. The minimum atomic E-state index is 0.858. The van der Waals surface area contributed by atoms with E-state index in [0.29, 0.717) is 0 Å². The van der Waals surface area contributed by atoms with Gasteiger partial charge in [-0.05, 0) is 34.5 Å². The van der Waals surface area contributed by atoms with Crippen LogP contribution in [0.15, 0.2) is 29.3 Å². The lowest BCUT2D eigenvalue weighted by atomic mass is 10.3. The summed E-state index contributed by atoms with van der Waals surface area (Å²) in [6.07, 6.45) is 3.88. The molecule has 0 atom stereocenters. The molecule has 2 aromatic rings. The number of pyridine rings is 1. The Labute approximate surface area is 73.0 Å². The second kappa shape index (κ2) is 2.34. The maximum absolute atomic E-state index is 4.12. The van der Waals surface area contributed by atoms with Gasteiger partial charge in [0.1, 0.15) is 0 Å². The zero-order chi connectivity index (χ0) is 7.84. The van der Waals surface area contributed by atoms with Crippen molar-refractivity contribution in [3.05, 3.63) is 34.8 Å². The van der Waals surface area contributed by atoms with Gasteiger partial charge in [0.15, 0.2) is 4.73 Å². The minimum Gasteiger partial charge on any atom is -0.294 e. The minimum absolute atomic E-state index is 0.858. The maximum atomic E-state index is 4.12. The maximum Gasteiger partial charge on any atom is 0.181 e. The molecule has 0 saturated carbocycles. The van der Waals surface area contributed by atoms with E-state index in [9.17, 15) is 0 Å². The molecule has 0 radical (unpaired) electrons. The molecule has 0 spiro atoms. The van der Waals surface area contributed by atoms with Crippen LogP contribution < -0.4 is 0 Å². The van der Waals surface area contributed by atoms with Gasteiger partial charge in [-0.2, -0.15) is 0 Å². The van der Waals surface area contributed by atoms with Crippen molar-refractivity contribution < 1.29 is 0 Å². The Balaban J connectivity index is 2.87. The van der Waals surface area contributed by atoms with E-state index in [1.54, 1.807) is 0 Å². The number of fused-ring (bicyclic) bond motifs is 1. The molecule has 2 heterocycles. The first-order valence-electron chi connectivity index (χ1n) is 3.36. The Kier molecular flexibility index (Phi) is 1.46. The summed E-state index contributed by atoms with van der Waals surface area (Å²) >= 11 is 3.35. The molecular weight excluding hydrogens is 204 g/mol. The molecule has 3 heteroatoms. The van der Waals surface area contributed by atoms with Gasteiger partial charge in [0.05, 0.1) is 11.7 Å². The summed E-state index contributed by atoms with van der Waals surface area (Å²) in [5.74, 6) is 0. The Hall–Kier alpha value is -0.830. The Bertz CT molecular complexity index is 392. The van der Waals surface area contributed by atoms with Crippen molar-refractivity contribution >= 4 is 21.4 Å². The fraction of sp³-hybridized carbons (Fsp3) is 0.125. The van der Waals surface area contributed by atoms with Crippen molar-refractivity contribution in [3.63, 3.8) is 0 Å². The molecule has 0 N–H and O–H groups in total. The third kappa shape index (κ3) is 1.05. The number of nitrogens with zero attached hydrogens (tertiary/aromatic N) is 2. The average Bonchev–Trinajstić information content (AvgIpc) is 2.33. The van der Waals surface area contributed by atoms with Gasteiger partial charge in [0.2, 0.25) is 0 Å². The highest BCUT2D eigenvalue weighted by Crippen LogP contribution is 2.12. The first kappa shape index (κ1) is 6.85. The number of rotatable bonds is 0. The van der Waals surface area contributed by atoms with Crippen molar-refractivity contribution in [2.75, 3.05) is 0 Å². The molecule has 56 valence electrons. The summed E-state index contributed by atoms with van der Waals surface area (Å²) < 4.78 is 2.87. The molecule has 0 aliphatic carbocycles. The zero-order valence-corrected chi connectivity index (χ0v) is 7.67. The van der Waals surface area contributed by atoms with E-state index >= 15 is 0 Å². The van der Waals surface area contributed by atoms with E-state index in [0.717, 1.165) is 10.3 Å². The van der Waals surface area contributed by atoms with Gasteiger partial charge in [0.25, 0.3) is 0 Å². The van der Waals surface area contributed by atoms with Crippen LogP contribution in [0.5, 0.6) is 0 Å². The lowest BCUT2D eigenvalue weighted by Crippen LogP contribution is -1.84. The van der Waals surface area contributed by atoms with E-state index in [-0.39, 0.29) is 0 Å². The van der Waals surface area contributed by atoms with E-state index in [2.05, 4.69) is 33.9 Å². The van der Waals surface area contributed by atoms with Crippen LogP contribution in [0.25, 0.3) is 5.52 Å². The van der Waals surface area contributed by atoms with Crippen LogP contribution in [0.3, 0.4) is 0 Å². The van der Waals surface area contributed by atoms with Crippen LogP contribution in [-0.4, -0.2) is 9.38 Å². The Morgan fingerprint density at radius 2 is 2.27 bits per heavy atom. The first-order valence-corrected chi connectivity index (χ1v) is 4.16. The molecule has 0 unspecified atom stereocenters. The number of aryl methyl sites for hydroxylation is 1. The number of aromatic nitrogens is 2. The smallest absolute Gasteiger partial charge is 0.181 e. The van der Waals surface area contributed by atoms with Crippen molar-refractivity contribution in [1.29, 1.82) is 0 Å². The number of hydrogen-bond donors (Lipinski definition) is 0. The Morgan fingerprint density at radius 3 is 3.09 bits per heavy atom. The van der Waals surface area contributed by atoms with Crippen LogP contribution in [-0.2, 0) is 0 Å². The summed E-state index contributed by atoms with van der Waals surface area (Å²) in [6, 6.07) is 4.12. The van der Waals surface area contributed by atoms with E-state index in [1.807, 2.05) is 22.9 Å². The summed E-state index contributed by atoms with van der Waals surface area (Å²) in [5, 5.41) is 0. The van der Waals surface area contributed by atoms with Gasteiger partial charge in [-0.15, -0.1) is 0 Å². The molecule has 0 aliphatic rings. The van der Waals surface area contributed by atoms with Gasteiger partial charge in [-0.1, -0.05) is 6.07 Å². The molecule has 0 aliphatic heterocycles. The molecule has 0 bridgehead atoms. The summed E-state index contributed by atoms with van der Waals surface area (Å²) in [7, 11) is 0. The van der Waals surface area contributed by atoms with Crippen LogP contribution in [0, 0.1) is 6.92 Å². The van der Waals surface area contributed by atoms with Gasteiger partial charge in [-0.25, -0.2) is 4.98 Å². The molecule has 2 nitrogen and oxygen atoms in total. The van der Waals surface area contributed by atoms with E-state index in [4.69, 9.17) is 0 Å². The summed E-state index contributed by atoms with van der Waals surface area (Å²) in [5.41, 5.74) is 2.35. The van der Waals surface area contributed by atoms with E-state index < -0.39 is 0 Å². The molecule has 0 saturated heterocycles. The average molecular weight is 211 g/mol. The third-order valence-corrected chi connectivity index (χ3v) is 2.22. The summed E-state index contributed by atoms with van der Waals surface area (Å²) in [6.45, 7) is 2.06. The lowest BCUT2D eigenvalue weighted by molar-refractivity contribution is 1.08. The van der Waals surface area contributed by atoms with Crippen LogP contribution in [0.1, 0.15) is 5.56 Å². The van der Waals surface area contributed by atoms with Gasteiger partial charge in [0, 0.05) is 6.20 Å². The largest absolute Gasteiger partial charge is 0.294 e. The molecule has 2 rings (SSSR count). The topological polar surface area (TPSA) is 17.3 Å². The standard InChI is InChI=1S/C8H7BrN2/c1-6-2-3-7-4-10-8(9)11(7)5-6/h2-5H,1H3. The second-order valence-corrected chi connectivity index (χ2v) is 3.24. The molecular formula is C8H7BrN2. The molecule has 0 fully saturated rings. The quantitative estimate of drug-likeness (QED) is 0.653. The molecule has 2 aromatic heterocycles. The fourth-order valence-electron chi connectivity index (χ4n) is 1.06. The van der Waals surface area contributed by atoms with Crippen molar-refractivity contribution in [2.45, 2.75) is 6.92 Å². The third-order valence-electron chi connectivity index (χ3n) is 1.63. The van der Waals surface area contributed by atoms with Crippen LogP contribution in [0.4, 0.5) is 0 Å². The highest BCUT2D eigenvalue weighted by molar-refractivity contribution is 9.10. The predicted molar refractivity (Wildman–Crippen MR) is 47.6 cm³/mol. The monoisotopic (exact) mass is 210 g/mol. The second-order valence-electron chi connectivity index (χ2n) is 2.53. The molecule has 0 aromatic carbocycles. The molecule has 11 heavy (non-hydrogen) atoms. The zero-order valence-electron chi connectivity index (χ0n) is 6.08. The lowest BCUT2D eigenvalue weighted by Gasteiger charge is -1.95. The van der Waals surface area contributed by atoms with Gasteiger partial charge in [-0.3, -0.25) is 4.40 Å².